The number of esters is 1. The summed E-state index contributed by atoms with van der Waals surface area (Å²) in [5.74, 6) is -0.856. The minimum Gasteiger partial charge on any atom is -0.466 e. The van der Waals surface area contributed by atoms with Crippen LogP contribution in [0.1, 0.15) is 6.92 Å². The van der Waals surface area contributed by atoms with Crippen LogP contribution in [0, 0.1) is 17.8 Å². The summed E-state index contributed by atoms with van der Waals surface area (Å²) in [5, 5.41) is 0. The summed E-state index contributed by atoms with van der Waals surface area (Å²) in [5.41, 5.74) is 0. The molecule has 0 radical (unpaired) electrons. The van der Waals surface area contributed by atoms with E-state index in [0.717, 1.165) is 0 Å². The number of ketones is 1. The van der Waals surface area contributed by atoms with Gasteiger partial charge in [0.15, 0.2) is 5.78 Å². The first-order chi connectivity index (χ1) is 7.24. The van der Waals surface area contributed by atoms with Gasteiger partial charge in [-0.1, -0.05) is 0 Å². The molecule has 2 bridgehead atoms. The summed E-state index contributed by atoms with van der Waals surface area (Å²) in [6.07, 6.45) is -0.817. The average Bonchev–Trinajstić information content (AvgIpc) is 2.82. The molecule has 2 saturated heterocycles. The number of Topliss-reactive ketones (excluding diaryl/α,β-unsaturated/α-hetero) is 1. The molecule has 0 amide bonds. The van der Waals surface area contributed by atoms with Crippen LogP contribution >= 0.6 is 0 Å². The summed E-state index contributed by atoms with van der Waals surface area (Å²) in [6, 6.07) is 0. The van der Waals surface area contributed by atoms with Gasteiger partial charge in [0.2, 0.25) is 6.29 Å². The second-order valence-electron chi connectivity index (χ2n) is 4.12. The fourth-order valence-electron chi connectivity index (χ4n) is 2.63. The first-order valence-corrected chi connectivity index (χ1v) is 5.21. The van der Waals surface area contributed by atoms with Crippen molar-refractivity contribution >= 4 is 11.8 Å². The number of ether oxygens (including phenoxy) is 3. The van der Waals surface area contributed by atoms with Gasteiger partial charge in [0.1, 0.15) is 0 Å². The lowest BCUT2D eigenvalue weighted by molar-refractivity contribution is -0.154. The smallest absolute Gasteiger partial charge is 0.310 e. The number of fused-ring (bicyclic) bond motifs is 4. The van der Waals surface area contributed by atoms with Gasteiger partial charge in [-0.05, 0) is 6.92 Å². The van der Waals surface area contributed by atoms with E-state index in [-0.39, 0.29) is 35.6 Å². The van der Waals surface area contributed by atoms with Crippen LogP contribution in [0.4, 0.5) is 0 Å². The van der Waals surface area contributed by atoms with Crippen molar-refractivity contribution in [2.75, 3.05) is 13.2 Å². The molecule has 82 valence electrons. The summed E-state index contributed by atoms with van der Waals surface area (Å²) in [7, 11) is 0. The molecule has 2 heterocycles. The van der Waals surface area contributed by atoms with Crippen molar-refractivity contribution in [3.63, 3.8) is 0 Å². The van der Waals surface area contributed by atoms with E-state index in [0.29, 0.717) is 13.2 Å². The second kappa shape index (κ2) is 3.02. The van der Waals surface area contributed by atoms with Gasteiger partial charge in [0.25, 0.3) is 0 Å². The Hall–Kier alpha value is -0.940. The van der Waals surface area contributed by atoms with Gasteiger partial charge in [-0.15, -0.1) is 0 Å². The maximum atomic E-state index is 11.7. The minimum atomic E-state index is -0.726. The molecule has 5 nitrogen and oxygen atoms in total. The molecule has 0 unspecified atom stereocenters. The SMILES string of the molecule is CCOC(=O)[C@@H]1[C@H]2C(=O)[C@@H]3OC[C@@H](O3)[C@@H]12. The lowest BCUT2D eigenvalue weighted by atomic mass is 10.1. The maximum Gasteiger partial charge on any atom is 0.310 e. The Kier molecular flexibility index (Phi) is 1.87. The predicted octanol–water partition coefficient (Wildman–Crippen LogP) is -0.264. The van der Waals surface area contributed by atoms with E-state index in [9.17, 15) is 9.59 Å². The normalized spacial score (nSPS) is 46.2. The lowest BCUT2D eigenvalue weighted by Gasteiger charge is -2.14. The van der Waals surface area contributed by atoms with Crippen LogP contribution in [0.3, 0.4) is 0 Å². The number of rotatable bonds is 2. The minimum absolute atomic E-state index is 0.00435. The summed E-state index contributed by atoms with van der Waals surface area (Å²) in [6.45, 7) is 2.54. The maximum absolute atomic E-state index is 11.7. The highest BCUT2D eigenvalue weighted by atomic mass is 16.7. The van der Waals surface area contributed by atoms with Gasteiger partial charge >= 0.3 is 5.97 Å². The molecule has 3 aliphatic rings. The van der Waals surface area contributed by atoms with Gasteiger partial charge in [0.05, 0.1) is 25.2 Å². The van der Waals surface area contributed by atoms with E-state index in [1.54, 1.807) is 6.92 Å². The lowest BCUT2D eigenvalue weighted by Crippen LogP contribution is -2.30. The third-order valence-corrected chi connectivity index (χ3v) is 3.33. The number of hydrogen-bond donors (Lipinski definition) is 0. The van der Waals surface area contributed by atoms with Crippen LogP contribution in [0.25, 0.3) is 0 Å². The molecular weight excluding hydrogens is 200 g/mol. The van der Waals surface area contributed by atoms with Gasteiger partial charge in [0, 0.05) is 11.8 Å². The van der Waals surface area contributed by atoms with E-state index in [1.165, 1.54) is 0 Å². The molecule has 1 saturated carbocycles. The highest BCUT2D eigenvalue weighted by Crippen LogP contribution is 2.56. The average molecular weight is 212 g/mol. The van der Waals surface area contributed by atoms with Crippen molar-refractivity contribution < 1.29 is 23.8 Å². The zero-order chi connectivity index (χ0) is 10.6. The molecule has 0 spiro atoms. The summed E-state index contributed by atoms with van der Waals surface area (Å²) in [4.78, 5) is 23.2. The molecule has 15 heavy (non-hydrogen) atoms. The highest BCUT2D eigenvalue weighted by molar-refractivity contribution is 5.95. The summed E-state index contributed by atoms with van der Waals surface area (Å²) >= 11 is 0. The van der Waals surface area contributed by atoms with Crippen molar-refractivity contribution in [2.45, 2.75) is 19.3 Å². The predicted molar refractivity (Wildman–Crippen MR) is 46.7 cm³/mol. The molecule has 1 aliphatic carbocycles. The molecule has 3 fully saturated rings. The second-order valence-corrected chi connectivity index (χ2v) is 4.12. The number of hydrogen-bond acceptors (Lipinski definition) is 5. The number of carbonyl (C=O) groups is 2. The topological polar surface area (TPSA) is 61.8 Å². The fraction of sp³-hybridized carbons (Fsp3) is 0.800. The Bertz CT molecular complexity index is 326. The molecule has 2 aliphatic heterocycles. The first-order valence-electron chi connectivity index (χ1n) is 5.21. The summed E-state index contributed by atoms with van der Waals surface area (Å²) < 4.78 is 15.4. The van der Waals surface area contributed by atoms with Gasteiger partial charge in [-0.2, -0.15) is 0 Å². The molecule has 0 N–H and O–H groups in total. The molecule has 0 aromatic carbocycles. The van der Waals surface area contributed by atoms with E-state index < -0.39 is 6.29 Å². The Labute approximate surface area is 86.7 Å². The molecule has 5 atom stereocenters. The number of carbonyl (C=O) groups excluding carboxylic acids is 2. The molecule has 0 aromatic rings. The monoisotopic (exact) mass is 212 g/mol. The Morgan fingerprint density at radius 1 is 1.60 bits per heavy atom. The van der Waals surface area contributed by atoms with Crippen LogP contribution in [0.2, 0.25) is 0 Å². The quantitative estimate of drug-likeness (QED) is 0.590. The van der Waals surface area contributed by atoms with E-state index in [1.807, 2.05) is 0 Å². The van der Waals surface area contributed by atoms with E-state index >= 15 is 0 Å². The van der Waals surface area contributed by atoms with E-state index in [2.05, 4.69) is 0 Å². The van der Waals surface area contributed by atoms with Crippen molar-refractivity contribution in [1.82, 2.24) is 0 Å². The molecule has 5 heteroatoms. The highest BCUT2D eigenvalue weighted by Gasteiger charge is 2.69. The third kappa shape index (κ3) is 1.16. The Morgan fingerprint density at radius 3 is 3.13 bits per heavy atom. The molecule has 3 rings (SSSR count). The van der Waals surface area contributed by atoms with Crippen LogP contribution in [-0.2, 0) is 23.8 Å². The Balaban J connectivity index is 1.77. The first kappa shape index (κ1) is 9.30. The third-order valence-electron chi connectivity index (χ3n) is 3.33. The van der Waals surface area contributed by atoms with Gasteiger partial charge in [-0.3, -0.25) is 9.59 Å². The van der Waals surface area contributed by atoms with Crippen molar-refractivity contribution in [2.24, 2.45) is 17.8 Å². The Morgan fingerprint density at radius 2 is 2.40 bits per heavy atom. The van der Waals surface area contributed by atoms with Crippen molar-refractivity contribution in [3.8, 4) is 0 Å². The standard InChI is InChI=1S/C10H12O5/c1-2-13-9(12)7-5-4-3-14-10(15-4)8(11)6(5)7/h4-7,10H,2-3H2,1H3/t4-,5-,6+,7+,10-/m1/s1. The largest absolute Gasteiger partial charge is 0.466 e. The van der Waals surface area contributed by atoms with Gasteiger partial charge in [-0.25, -0.2) is 0 Å². The van der Waals surface area contributed by atoms with Crippen LogP contribution in [0.5, 0.6) is 0 Å². The fourth-order valence-corrected chi connectivity index (χ4v) is 2.63. The molecular formula is C10H12O5. The molecule has 0 aromatic heterocycles. The van der Waals surface area contributed by atoms with Crippen LogP contribution in [-0.4, -0.2) is 37.4 Å². The van der Waals surface area contributed by atoms with E-state index in [4.69, 9.17) is 14.2 Å². The van der Waals surface area contributed by atoms with Gasteiger partial charge < -0.3 is 14.2 Å². The van der Waals surface area contributed by atoms with Crippen LogP contribution < -0.4 is 0 Å². The zero-order valence-electron chi connectivity index (χ0n) is 8.34. The zero-order valence-corrected chi connectivity index (χ0v) is 8.34. The van der Waals surface area contributed by atoms with Crippen LogP contribution in [0.15, 0.2) is 0 Å². The van der Waals surface area contributed by atoms with Crippen molar-refractivity contribution in [1.29, 1.82) is 0 Å². The van der Waals surface area contributed by atoms with Crippen molar-refractivity contribution in [3.05, 3.63) is 0 Å².